The fourth-order valence-corrected chi connectivity index (χ4v) is 2.10. The van der Waals surface area contributed by atoms with E-state index in [-0.39, 0.29) is 30.4 Å². The Balaban J connectivity index is 2.69. The third-order valence-electron chi connectivity index (χ3n) is 3.29. The Labute approximate surface area is 135 Å². The van der Waals surface area contributed by atoms with Gasteiger partial charge in [0, 0.05) is 12.6 Å². The van der Waals surface area contributed by atoms with Crippen LogP contribution in [0, 0.1) is 0 Å². The molecule has 2 atom stereocenters. The average Bonchev–Trinajstić information content (AvgIpc) is 2.44. The second-order valence-electron chi connectivity index (χ2n) is 5.71. The monoisotopic (exact) mass is 330 g/mol. The van der Waals surface area contributed by atoms with E-state index in [0.29, 0.717) is 0 Å². The van der Waals surface area contributed by atoms with Gasteiger partial charge in [-0.1, -0.05) is 12.1 Å². The van der Waals surface area contributed by atoms with Crippen LogP contribution in [0.4, 0.5) is 13.6 Å². The number of urea groups is 1. The van der Waals surface area contributed by atoms with Crippen LogP contribution < -0.4 is 10.1 Å². The minimum Gasteiger partial charge on any atom is -0.435 e. The minimum absolute atomic E-state index is 0.0568. The van der Waals surface area contributed by atoms with E-state index in [1.807, 2.05) is 13.8 Å². The molecule has 0 bridgehead atoms. The molecule has 130 valence electrons. The van der Waals surface area contributed by atoms with Crippen LogP contribution in [0.3, 0.4) is 0 Å². The number of benzene rings is 1. The first kappa shape index (κ1) is 19.2. The normalized spacial score (nSPS) is 13.8. The third-order valence-corrected chi connectivity index (χ3v) is 3.29. The number of nitrogens with one attached hydrogen (secondary N) is 1. The van der Waals surface area contributed by atoms with Crippen LogP contribution in [0.1, 0.15) is 39.3 Å². The maximum atomic E-state index is 12.3. The highest BCUT2D eigenvalue weighted by Gasteiger charge is 2.20. The molecule has 1 aromatic rings. The van der Waals surface area contributed by atoms with Crippen LogP contribution in [0.25, 0.3) is 0 Å². The molecule has 0 aromatic heterocycles. The van der Waals surface area contributed by atoms with Gasteiger partial charge in [0.2, 0.25) is 0 Å². The van der Waals surface area contributed by atoms with Gasteiger partial charge in [0.05, 0.1) is 12.1 Å². The van der Waals surface area contributed by atoms with Crippen molar-refractivity contribution in [3.63, 3.8) is 0 Å². The van der Waals surface area contributed by atoms with E-state index < -0.39 is 12.7 Å². The van der Waals surface area contributed by atoms with E-state index in [1.165, 1.54) is 17.0 Å². The lowest BCUT2D eigenvalue weighted by Gasteiger charge is -2.29. The van der Waals surface area contributed by atoms with Crippen molar-refractivity contribution in [2.45, 2.75) is 52.5 Å². The first-order valence-corrected chi connectivity index (χ1v) is 7.50. The Hall–Kier alpha value is -1.89. The summed E-state index contributed by atoms with van der Waals surface area (Å²) in [6.45, 7) is 4.51. The molecule has 1 rings (SSSR count). The predicted molar refractivity (Wildman–Crippen MR) is 83.5 cm³/mol. The number of carbonyl (C=O) groups excluding carboxylic acids is 1. The van der Waals surface area contributed by atoms with Gasteiger partial charge in [-0.3, -0.25) is 0 Å². The molecule has 0 aliphatic rings. The minimum atomic E-state index is -2.86. The molecule has 0 aliphatic carbocycles. The molecule has 1 aromatic carbocycles. The number of alkyl halides is 2. The van der Waals surface area contributed by atoms with E-state index in [9.17, 15) is 18.7 Å². The highest BCUT2D eigenvalue weighted by atomic mass is 19.3. The fourth-order valence-electron chi connectivity index (χ4n) is 2.10. The molecule has 0 spiro atoms. The Bertz CT molecular complexity index is 493. The lowest BCUT2D eigenvalue weighted by Crippen LogP contribution is -2.47. The van der Waals surface area contributed by atoms with Crippen molar-refractivity contribution in [1.82, 2.24) is 10.2 Å². The van der Waals surface area contributed by atoms with E-state index >= 15 is 0 Å². The zero-order chi connectivity index (χ0) is 17.6. The van der Waals surface area contributed by atoms with E-state index in [2.05, 4.69) is 10.1 Å². The number of aliphatic hydroxyl groups excluding tert-OH is 1. The Morgan fingerprint density at radius 2 is 1.78 bits per heavy atom. The van der Waals surface area contributed by atoms with Crippen LogP contribution in [-0.4, -0.2) is 41.3 Å². The molecule has 2 unspecified atom stereocenters. The molecule has 7 heteroatoms. The number of nitrogens with zero attached hydrogens (tertiary/aromatic N) is 1. The molecule has 0 heterocycles. The number of hydrogen-bond acceptors (Lipinski definition) is 3. The fraction of sp³-hybridized carbons (Fsp3) is 0.562. The first-order valence-electron chi connectivity index (χ1n) is 7.50. The summed E-state index contributed by atoms with van der Waals surface area (Å²) < 4.78 is 28.5. The largest absolute Gasteiger partial charge is 0.435 e. The van der Waals surface area contributed by atoms with Crippen molar-refractivity contribution in [3.05, 3.63) is 29.8 Å². The lowest BCUT2D eigenvalue weighted by atomic mass is 10.1. The Morgan fingerprint density at radius 1 is 1.22 bits per heavy atom. The number of halogens is 2. The zero-order valence-electron chi connectivity index (χ0n) is 13.8. The van der Waals surface area contributed by atoms with Crippen molar-refractivity contribution >= 4 is 6.03 Å². The van der Waals surface area contributed by atoms with E-state index in [0.717, 1.165) is 5.56 Å². The predicted octanol–water partition coefficient (Wildman–Crippen LogP) is 3.15. The van der Waals surface area contributed by atoms with Gasteiger partial charge in [0.1, 0.15) is 5.75 Å². The highest BCUT2D eigenvalue weighted by Crippen LogP contribution is 2.19. The quantitative estimate of drug-likeness (QED) is 0.807. The number of hydrogen-bond donors (Lipinski definition) is 2. The van der Waals surface area contributed by atoms with Crippen LogP contribution in [0.15, 0.2) is 24.3 Å². The maximum absolute atomic E-state index is 12.3. The summed E-state index contributed by atoms with van der Waals surface area (Å²) in [5, 5.41) is 12.3. The van der Waals surface area contributed by atoms with Crippen molar-refractivity contribution in [2.24, 2.45) is 0 Å². The SMILES string of the molecule is CC(O)CN(C(=O)NC(C)c1ccc(OC(F)F)cc1)C(C)C. The summed E-state index contributed by atoms with van der Waals surface area (Å²) >= 11 is 0. The third kappa shape index (κ3) is 6.40. The van der Waals surface area contributed by atoms with Gasteiger partial charge in [-0.2, -0.15) is 8.78 Å². The Kier molecular flexibility index (Phi) is 7.22. The average molecular weight is 330 g/mol. The van der Waals surface area contributed by atoms with Crippen molar-refractivity contribution in [3.8, 4) is 5.75 Å². The summed E-state index contributed by atoms with van der Waals surface area (Å²) in [6, 6.07) is 5.45. The molecule has 2 amide bonds. The number of rotatable bonds is 7. The topological polar surface area (TPSA) is 61.8 Å². The summed E-state index contributed by atoms with van der Waals surface area (Å²) in [5.41, 5.74) is 0.765. The van der Waals surface area contributed by atoms with Crippen molar-refractivity contribution in [2.75, 3.05) is 6.54 Å². The summed E-state index contributed by atoms with van der Waals surface area (Å²) in [5.74, 6) is 0.0696. The second kappa shape index (κ2) is 8.67. The summed E-state index contributed by atoms with van der Waals surface area (Å²) in [7, 11) is 0. The number of aliphatic hydroxyl groups is 1. The lowest BCUT2D eigenvalue weighted by molar-refractivity contribution is -0.0498. The Morgan fingerprint density at radius 3 is 2.22 bits per heavy atom. The van der Waals surface area contributed by atoms with Gasteiger partial charge in [0.25, 0.3) is 0 Å². The summed E-state index contributed by atoms with van der Waals surface area (Å²) in [4.78, 5) is 13.8. The molecule has 2 N–H and O–H groups in total. The number of ether oxygens (including phenoxy) is 1. The van der Waals surface area contributed by atoms with Gasteiger partial charge in [-0.05, 0) is 45.4 Å². The van der Waals surface area contributed by atoms with Crippen LogP contribution >= 0.6 is 0 Å². The van der Waals surface area contributed by atoms with E-state index in [1.54, 1.807) is 26.0 Å². The van der Waals surface area contributed by atoms with Gasteiger partial charge in [-0.25, -0.2) is 4.79 Å². The molecule has 0 radical (unpaired) electrons. The smallest absolute Gasteiger partial charge is 0.387 e. The van der Waals surface area contributed by atoms with Crippen molar-refractivity contribution in [1.29, 1.82) is 0 Å². The molecule has 0 saturated heterocycles. The van der Waals surface area contributed by atoms with Crippen LogP contribution in [-0.2, 0) is 0 Å². The molecule has 0 aliphatic heterocycles. The maximum Gasteiger partial charge on any atom is 0.387 e. The van der Waals surface area contributed by atoms with Crippen LogP contribution in [0.5, 0.6) is 5.75 Å². The summed E-state index contributed by atoms with van der Waals surface area (Å²) in [6.07, 6.45) is -0.621. The van der Waals surface area contributed by atoms with Gasteiger partial charge < -0.3 is 20.1 Å². The number of carbonyl (C=O) groups is 1. The second-order valence-corrected chi connectivity index (χ2v) is 5.71. The van der Waals surface area contributed by atoms with Crippen LogP contribution in [0.2, 0.25) is 0 Å². The zero-order valence-corrected chi connectivity index (χ0v) is 13.8. The first-order chi connectivity index (χ1) is 10.7. The van der Waals surface area contributed by atoms with Gasteiger partial charge in [0.15, 0.2) is 0 Å². The standard InChI is InChI=1S/C16H24F2N2O3/c1-10(2)20(9-11(3)21)16(22)19-12(4)13-5-7-14(8-6-13)23-15(17)18/h5-8,10-12,15,21H,9H2,1-4H3,(H,19,22). The molecular formula is C16H24F2N2O3. The molecule has 23 heavy (non-hydrogen) atoms. The van der Waals surface area contributed by atoms with Crippen molar-refractivity contribution < 1.29 is 23.4 Å². The highest BCUT2D eigenvalue weighted by molar-refractivity contribution is 5.75. The van der Waals surface area contributed by atoms with Gasteiger partial charge in [-0.15, -0.1) is 0 Å². The molecule has 0 fully saturated rings. The van der Waals surface area contributed by atoms with E-state index in [4.69, 9.17) is 0 Å². The molecule has 0 saturated carbocycles. The molecular weight excluding hydrogens is 306 g/mol. The number of amides is 2. The molecule has 5 nitrogen and oxygen atoms in total. The van der Waals surface area contributed by atoms with Gasteiger partial charge >= 0.3 is 12.6 Å².